The standard InChI is InChI=1S/C17H14BrClO/c18-16-8-7-14(19)10-15(16)17(20)13-6-5-11-3-1-2-4-12(11)9-13/h5-10H,1-4H2. The average molecular weight is 350 g/mol. The lowest BCUT2D eigenvalue weighted by molar-refractivity contribution is 0.103. The molecule has 0 saturated heterocycles. The zero-order chi connectivity index (χ0) is 14.1. The van der Waals surface area contributed by atoms with Gasteiger partial charge >= 0.3 is 0 Å². The molecule has 0 radical (unpaired) electrons. The zero-order valence-corrected chi connectivity index (χ0v) is 13.3. The van der Waals surface area contributed by atoms with Crippen LogP contribution in [0.5, 0.6) is 0 Å². The van der Waals surface area contributed by atoms with Crippen LogP contribution in [0.15, 0.2) is 40.9 Å². The van der Waals surface area contributed by atoms with E-state index in [4.69, 9.17) is 11.6 Å². The second kappa shape index (κ2) is 5.71. The Hall–Kier alpha value is -1.12. The quantitative estimate of drug-likeness (QED) is 0.680. The first-order valence-electron chi connectivity index (χ1n) is 6.77. The Morgan fingerprint density at radius 2 is 1.75 bits per heavy atom. The van der Waals surface area contributed by atoms with Crippen molar-refractivity contribution >= 4 is 33.3 Å². The van der Waals surface area contributed by atoms with E-state index in [1.807, 2.05) is 18.2 Å². The van der Waals surface area contributed by atoms with Crippen molar-refractivity contribution in [3.05, 3.63) is 68.1 Å². The second-order valence-corrected chi connectivity index (χ2v) is 6.43. The molecule has 1 aliphatic rings. The normalized spacial score (nSPS) is 13.9. The predicted molar refractivity (Wildman–Crippen MR) is 85.7 cm³/mol. The van der Waals surface area contributed by atoms with Crippen LogP contribution in [-0.2, 0) is 12.8 Å². The number of aryl methyl sites for hydroxylation is 2. The van der Waals surface area contributed by atoms with Crippen LogP contribution in [-0.4, -0.2) is 5.78 Å². The molecular weight excluding hydrogens is 336 g/mol. The van der Waals surface area contributed by atoms with Crippen molar-refractivity contribution in [2.45, 2.75) is 25.7 Å². The van der Waals surface area contributed by atoms with Gasteiger partial charge in [-0.15, -0.1) is 0 Å². The first kappa shape index (κ1) is 13.8. The zero-order valence-electron chi connectivity index (χ0n) is 11.0. The minimum Gasteiger partial charge on any atom is -0.289 e. The number of halogens is 2. The molecule has 0 N–H and O–H groups in total. The monoisotopic (exact) mass is 348 g/mol. The summed E-state index contributed by atoms with van der Waals surface area (Å²) < 4.78 is 0.782. The summed E-state index contributed by atoms with van der Waals surface area (Å²) in [6.45, 7) is 0. The fourth-order valence-electron chi connectivity index (χ4n) is 2.70. The van der Waals surface area contributed by atoms with E-state index in [0.29, 0.717) is 10.6 Å². The van der Waals surface area contributed by atoms with E-state index in [1.54, 1.807) is 12.1 Å². The van der Waals surface area contributed by atoms with Crippen LogP contribution in [0.2, 0.25) is 5.02 Å². The summed E-state index contributed by atoms with van der Waals surface area (Å²) in [6.07, 6.45) is 4.67. The lowest BCUT2D eigenvalue weighted by Crippen LogP contribution is -2.07. The Morgan fingerprint density at radius 1 is 1.00 bits per heavy atom. The lowest BCUT2D eigenvalue weighted by atomic mass is 9.89. The fraction of sp³-hybridized carbons (Fsp3) is 0.235. The molecule has 2 aromatic carbocycles. The third-order valence-electron chi connectivity index (χ3n) is 3.78. The Morgan fingerprint density at radius 3 is 2.55 bits per heavy atom. The molecule has 0 unspecified atom stereocenters. The van der Waals surface area contributed by atoms with Gasteiger partial charge in [-0.2, -0.15) is 0 Å². The molecule has 0 atom stereocenters. The van der Waals surface area contributed by atoms with Crippen LogP contribution >= 0.6 is 27.5 Å². The molecule has 2 aromatic rings. The molecule has 1 aliphatic carbocycles. The maximum absolute atomic E-state index is 12.6. The van der Waals surface area contributed by atoms with Crippen molar-refractivity contribution in [1.82, 2.24) is 0 Å². The van der Waals surface area contributed by atoms with Gasteiger partial charge in [0.2, 0.25) is 0 Å². The van der Waals surface area contributed by atoms with E-state index in [1.165, 1.54) is 24.0 Å². The molecule has 0 aromatic heterocycles. The first-order chi connectivity index (χ1) is 9.65. The van der Waals surface area contributed by atoms with Gasteiger partial charge in [-0.1, -0.05) is 39.7 Å². The van der Waals surface area contributed by atoms with Crippen molar-refractivity contribution in [2.75, 3.05) is 0 Å². The Bertz CT molecular complexity index is 679. The molecular formula is C17H14BrClO. The maximum Gasteiger partial charge on any atom is 0.194 e. The highest BCUT2D eigenvalue weighted by Gasteiger charge is 2.16. The van der Waals surface area contributed by atoms with Gasteiger partial charge < -0.3 is 0 Å². The highest BCUT2D eigenvalue weighted by molar-refractivity contribution is 9.10. The van der Waals surface area contributed by atoms with E-state index in [2.05, 4.69) is 22.0 Å². The highest BCUT2D eigenvalue weighted by Crippen LogP contribution is 2.27. The molecule has 20 heavy (non-hydrogen) atoms. The number of carbonyl (C=O) groups is 1. The molecule has 0 bridgehead atoms. The molecule has 0 aliphatic heterocycles. The van der Waals surface area contributed by atoms with Crippen LogP contribution in [0.25, 0.3) is 0 Å². The SMILES string of the molecule is O=C(c1ccc2c(c1)CCCC2)c1cc(Cl)ccc1Br. The summed E-state index contributed by atoms with van der Waals surface area (Å²) in [4.78, 5) is 12.6. The molecule has 0 fully saturated rings. The largest absolute Gasteiger partial charge is 0.289 e. The van der Waals surface area contributed by atoms with Gasteiger partial charge in [0.05, 0.1) is 0 Å². The molecule has 0 heterocycles. The number of carbonyl (C=O) groups excluding carboxylic acids is 1. The van der Waals surface area contributed by atoms with Gasteiger partial charge in [0.15, 0.2) is 5.78 Å². The van der Waals surface area contributed by atoms with Gasteiger partial charge in [0, 0.05) is 20.6 Å². The molecule has 3 rings (SSSR count). The number of fused-ring (bicyclic) bond motifs is 1. The Kier molecular flexibility index (Phi) is 3.95. The topological polar surface area (TPSA) is 17.1 Å². The van der Waals surface area contributed by atoms with Gasteiger partial charge in [-0.25, -0.2) is 0 Å². The highest BCUT2D eigenvalue weighted by atomic mass is 79.9. The van der Waals surface area contributed by atoms with Crippen molar-refractivity contribution in [1.29, 1.82) is 0 Å². The van der Waals surface area contributed by atoms with Crippen molar-refractivity contribution in [3.63, 3.8) is 0 Å². The fourth-order valence-corrected chi connectivity index (χ4v) is 3.30. The van der Waals surface area contributed by atoms with Crippen LogP contribution < -0.4 is 0 Å². The van der Waals surface area contributed by atoms with E-state index in [9.17, 15) is 4.79 Å². The number of benzene rings is 2. The summed E-state index contributed by atoms with van der Waals surface area (Å²) in [6, 6.07) is 11.4. The molecule has 0 saturated carbocycles. The Labute approximate surface area is 132 Å². The predicted octanol–water partition coefficient (Wildman–Crippen LogP) is 5.21. The van der Waals surface area contributed by atoms with E-state index < -0.39 is 0 Å². The molecule has 0 amide bonds. The Balaban J connectivity index is 2.00. The van der Waals surface area contributed by atoms with Gasteiger partial charge in [-0.3, -0.25) is 4.79 Å². The van der Waals surface area contributed by atoms with Crippen LogP contribution in [0.4, 0.5) is 0 Å². The van der Waals surface area contributed by atoms with E-state index in [-0.39, 0.29) is 5.78 Å². The number of rotatable bonds is 2. The molecule has 0 spiro atoms. The third-order valence-corrected chi connectivity index (χ3v) is 4.71. The number of hydrogen-bond acceptors (Lipinski definition) is 1. The second-order valence-electron chi connectivity index (χ2n) is 5.14. The summed E-state index contributed by atoms with van der Waals surface area (Å²) in [5, 5.41) is 0.578. The summed E-state index contributed by atoms with van der Waals surface area (Å²) >= 11 is 9.41. The van der Waals surface area contributed by atoms with Crippen molar-refractivity contribution in [2.24, 2.45) is 0 Å². The number of hydrogen-bond donors (Lipinski definition) is 0. The molecule has 3 heteroatoms. The third kappa shape index (κ3) is 2.68. The van der Waals surface area contributed by atoms with Crippen LogP contribution in [0.1, 0.15) is 39.9 Å². The smallest absolute Gasteiger partial charge is 0.194 e. The van der Waals surface area contributed by atoms with Crippen molar-refractivity contribution < 1.29 is 4.79 Å². The van der Waals surface area contributed by atoms with Gasteiger partial charge in [-0.05, 0) is 61.1 Å². The van der Waals surface area contributed by atoms with Crippen molar-refractivity contribution in [3.8, 4) is 0 Å². The average Bonchev–Trinajstić information content (AvgIpc) is 2.48. The van der Waals surface area contributed by atoms with E-state index >= 15 is 0 Å². The summed E-state index contributed by atoms with van der Waals surface area (Å²) in [7, 11) is 0. The summed E-state index contributed by atoms with van der Waals surface area (Å²) in [5.41, 5.74) is 4.07. The van der Waals surface area contributed by atoms with Gasteiger partial charge in [0.1, 0.15) is 0 Å². The van der Waals surface area contributed by atoms with Gasteiger partial charge in [0.25, 0.3) is 0 Å². The summed E-state index contributed by atoms with van der Waals surface area (Å²) in [5.74, 6) is 0.0211. The number of ketones is 1. The minimum atomic E-state index is 0.0211. The first-order valence-corrected chi connectivity index (χ1v) is 7.94. The lowest BCUT2D eigenvalue weighted by Gasteiger charge is -2.16. The molecule has 102 valence electrons. The minimum absolute atomic E-state index is 0.0211. The van der Waals surface area contributed by atoms with Crippen LogP contribution in [0, 0.1) is 0 Å². The maximum atomic E-state index is 12.6. The molecule has 1 nitrogen and oxygen atoms in total. The van der Waals surface area contributed by atoms with E-state index in [0.717, 1.165) is 22.9 Å². The van der Waals surface area contributed by atoms with Crippen LogP contribution in [0.3, 0.4) is 0 Å².